The summed E-state index contributed by atoms with van der Waals surface area (Å²) in [6, 6.07) is 9.63. The summed E-state index contributed by atoms with van der Waals surface area (Å²) in [4.78, 5) is 16.0. The lowest BCUT2D eigenvalue weighted by Crippen LogP contribution is -2.20. The molecule has 1 N–H and O–H groups in total. The van der Waals surface area contributed by atoms with Crippen LogP contribution in [0.2, 0.25) is 0 Å². The summed E-state index contributed by atoms with van der Waals surface area (Å²) in [6.45, 7) is 1.61. The van der Waals surface area contributed by atoms with E-state index in [9.17, 15) is 4.79 Å². The van der Waals surface area contributed by atoms with Gasteiger partial charge in [0, 0.05) is 12.5 Å². The predicted molar refractivity (Wildman–Crippen MR) is 75.7 cm³/mol. The van der Waals surface area contributed by atoms with E-state index in [1.807, 2.05) is 30.3 Å². The Bertz CT molecular complexity index is 619. The van der Waals surface area contributed by atoms with Crippen LogP contribution in [0.25, 0.3) is 10.8 Å². The van der Waals surface area contributed by atoms with Gasteiger partial charge in [0.15, 0.2) is 0 Å². The number of hydrogen-bond donors (Lipinski definition) is 1. The van der Waals surface area contributed by atoms with Gasteiger partial charge in [-0.3, -0.25) is 9.63 Å². The van der Waals surface area contributed by atoms with E-state index in [1.54, 1.807) is 14.2 Å². The maximum atomic E-state index is 10.9. The van der Waals surface area contributed by atoms with Gasteiger partial charge in [-0.15, -0.1) is 0 Å². The number of carbonyl (C=O) groups is 1. The number of methoxy groups -OCH3 is 2. The summed E-state index contributed by atoms with van der Waals surface area (Å²) >= 11 is 0. The van der Waals surface area contributed by atoms with Crippen molar-refractivity contribution in [2.24, 2.45) is 0 Å². The number of amides is 1. The molecule has 0 aliphatic rings. The number of benzene rings is 2. The second kappa shape index (κ2) is 6.25. The topological polar surface area (TPSA) is 56.8 Å². The first kappa shape index (κ1) is 14.1. The fraction of sp³-hybridized carbons (Fsp3) is 0.267. The molecular weight excluding hydrogens is 258 g/mol. The highest BCUT2D eigenvalue weighted by molar-refractivity contribution is 5.89. The van der Waals surface area contributed by atoms with E-state index in [4.69, 9.17) is 14.3 Å². The Morgan fingerprint density at radius 1 is 1.15 bits per heavy atom. The largest absolute Gasteiger partial charge is 0.497 e. The third-order valence-electron chi connectivity index (χ3n) is 2.95. The minimum Gasteiger partial charge on any atom is -0.497 e. The Morgan fingerprint density at radius 2 is 1.90 bits per heavy atom. The summed E-state index contributed by atoms with van der Waals surface area (Å²) in [5.41, 5.74) is 3.17. The molecule has 5 heteroatoms. The van der Waals surface area contributed by atoms with Crippen LogP contribution < -0.4 is 15.0 Å². The van der Waals surface area contributed by atoms with Crippen molar-refractivity contribution < 1.29 is 19.1 Å². The second-order valence-corrected chi connectivity index (χ2v) is 4.28. The zero-order valence-electron chi connectivity index (χ0n) is 11.7. The van der Waals surface area contributed by atoms with Gasteiger partial charge in [-0.25, -0.2) is 5.48 Å². The van der Waals surface area contributed by atoms with Gasteiger partial charge in [0.05, 0.1) is 14.2 Å². The maximum absolute atomic E-state index is 10.9. The van der Waals surface area contributed by atoms with Crippen LogP contribution in [0, 0.1) is 0 Å². The van der Waals surface area contributed by atoms with Gasteiger partial charge < -0.3 is 9.47 Å². The molecule has 20 heavy (non-hydrogen) atoms. The van der Waals surface area contributed by atoms with Crippen LogP contribution in [0.1, 0.15) is 12.5 Å². The number of fused-ring (bicyclic) bond motifs is 1. The second-order valence-electron chi connectivity index (χ2n) is 4.28. The van der Waals surface area contributed by atoms with Crippen molar-refractivity contribution >= 4 is 16.7 Å². The summed E-state index contributed by atoms with van der Waals surface area (Å²) in [7, 11) is 3.22. The van der Waals surface area contributed by atoms with Gasteiger partial charge in [0.1, 0.15) is 18.1 Å². The van der Waals surface area contributed by atoms with Gasteiger partial charge in [-0.2, -0.15) is 0 Å². The number of rotatable bonds is 5. The zero-order valence-corrected chi connectivity index (χ0v) is 11.7. The average molecular weight is 275 g/mol. The molecule has 0 aliphatic heterocycles. The highest BCUT2D eigenvalue weighted by Crippen LogP contribution is 2.31. The molecule has 0 aromatic heterocycles. The molecule has 0 saturated heterocycles. The first-order valence-corrected chi connectivity index (χ1v) is 6.17. The van der Waals surface area contributed by atoms with Gasteiger partial charge in [-0.05, 0) is 29.0 Å². The van der Waals surface area contributed by atoms with E-state index in [-0.39, 0.29) is 12.5 Å². The first-order valence-electron chi connectivity index (χ1n) is 6.17. The molecule has 5 nitrogen and oxygen atoms in total. The quantitative estimate of drug-likeness (QED) is 0.851. The lowest BCUT2D eigenvalue weighted by Gasteiger charge is -2.13. The minimum atomic E-state index is -0.248. The number of nitrogens with one attached hydrogen (secondary N) is 1. The van der Waals surface area contributed by atoms with Crippen LogP contribution in [0.4, 0.5) is 0 Å². The Labute approximate surface area is 117 Å². The van der Waals surface area contributed by atoms with Crippen molar-refractivity contribution in [1.82, 2.24) is 5.48 Å². The monoisotopic (exact) mass is 275 g/mol. The molecule has 0 atom stereocenters. The third kappa shape index (κ3) is 3.00. The van der Waals surface area contributed by atoms with Gasteiger partial charge in [0.25, 0.3) is 0 Å². The number of hydrogen-bond acceptors (Lipinski definition) is 4. The molecule has 0 radical (unpaired) electrons. The fourth-order valence-corrected chi connectivity index (χ4v) is 2.02. The highest BCUT2D eigenvalue weighted by Gasteiger charge is 2.10. The van der Waals surface area contributed by atoms with Gasteiger partial charge in [0.2, 0.25) is 5.91 Å². The molecule has 0 heterocycles. The Balaban J connectivity index is 2.43. The highest BCUT2D eigenvalue weighted by atomic mass is 16.7. The summed E-state index contributed by atoms with van der Waals surface area (Å²) in [5.74, 6) is 1.21. The van der Waals surface area contributed by atoms with Crippen molar-refractivity contribution in [3.8, 4) is 11.5 Å². The molecule has 0 saturated carbocycles. The molecule has 1 amide bonds. The molecule has 0 spiro atoms. The minimum absolute atomic E-state index is 0.216. The van der Waals surface area contributed by atoms with Crippen LogP contribution in [0.5, 0.6) is 11.5 Å². The van der Waals surface area contributed by atoms with Crippen molar-refractivity contribution in [2.75, 3.05) is 14.2 Å². The van der Waals surface area contributed by atoms with Crippen molar-refractivity contribution in [3.63, 3.8) is 0 Å². The number of hydroxylamine groups is 1. The van der Waals surface area contributed by atoms with Crippen molar-refractivity contribution in [3.05, 3.63) is 35.9 Å². The maximum Gasteiger partial charge on any atom is 0.240 e. The Hall–Kier alpha value is -2.27. The summed E-state index contributed by atoms with van der Waals surface area (Å²) < 4.78 is 10.6. The van der Waals surface area contributed by atoms with E-state index in [0.29, 0.717) is 5.75 Å². The predicted octanol–water partition coefficient (Wildman–Crippen LogP) is 2.42. The third-order valence-corrected chi connectivity index (χ3v) is 2.95. The first-order chi connectivity index (χ1) is 9.65. The molecule has 0 unspecified atom stereocenters. The zero-order chi connectivity index (χ0) is 14.5. The average Bonchev–Trinajstić information content (AvgIpc) is 2.46. The van der Waals surface area contributed by atoms with E-state index in [0.717, 1.165) is 22.1 Å². The Kier molecular flexibility index (Phi) is 4.42. The molecule has 2 aromatic rings. The summed E-state index contributed by atoms with van der Waals surface area (Å²) in [5, 5.41) is 2.02. The molecule has 2 rings (SSSR count). The molecule has 106 valence electrons. The van der Waals surface area contributed by atoms with Gasteiger partial charge >= 0.3 is 0 Å². The van der Waals surface area contributed by atoms with E-state index < -0.39 is 0 Å². The summed E-state index contributed by atoms with van der Waals surface area (Å²) in [6.07, 6.45) is 0. The number of carbonyl (C=O) groups excluding carboxylic acids is 1. The van der Waals surface area contributed by atoms with Crippen molar-refractivity contribution in [1.29, 1.82) is 0 Å². The number of ether oxygens (including phenoxy) is 2. The molecule has 0 fully saturated rings. The van der Waals surface area contributed by atoms with E-state index in [1.165, 1.54) is 6.92 Å². The molecule has 0 aliphatic carbocycles. The van der Waals surface area contributed by atoms with E-state index in [2.05, 4.69) is 5.48 Å². The molecular formula is C15H17NO4. The van der Waals surface area contributed by atoms with Crippen LogP contribution in [-0.2, 0) is 16.2 Å². The van der Waals surface area contributed by atoms with E-state index >= 15 is 0 Å². The standard InChI is InChI=1S/C15H17NO4/c1-10(17)16-20-9-14-13-8-12(18-2)6-4-11(13)5-7-15(14)19-3/h4-8H,9H2,1-3H3,(H,16,17). The SMILES string of the molecule is COc1ccc2ccc(OC)c(CONC(C)=O)c2c1. The van der Waals surface area contributed by atoms with Crippen molar-refractivity contribution in [2.45, 2.75) is 13.5 Å². The fourth-order valence-electron chi connectivity index (χ4n) is 2.02. The van der Waals surface area contributed by atoms with Crippen LogP contribution in [0.15, 0.2) is 30.3 Å². The smallest absolute Gasteiger partial charge is 0.240 e. The van der Waals surface area contributed by atoms with Crippen LogP contribution >= 0.6 is 0 Å². The normalized spacial score (nSPS) is 10.3. The Morgan fingerprint density at radius 3 is 2.55 bits per heavy atom. The van der Waals surface area contributed by atoms with Crippen LogP contribution in [0.3, 0.4) is 0 Å². The lowest BCUT2D eigenvalue weighted by molar-refractivity contribution is -0.132. The van der Waals surface area contributed by atoms with Gasteiger partial charge in [-0.1, -0.05) is 12.1 Å². The lowest BCUT2D eigenvalue weighted by atomic mass is 10.0. The molecule has 0 bridgehead atoms. The molecule has 2 aromatic carbocycles. The van der Waals surface area contributed by atoms with Crippen LogP contribution in [-0.4, -0.2) is 20.1 Å².